The van der Waals surface area contributed by atoms with E-state index >= 15 is 0 Å². The molecule has 0 saturated carbocycles. The smallest absolute Gasteiger partial charge is 0.337 e. The maximum absolute atomic E-state index is 11.5. The number of halogens is 1. The molecule has 0 bridgehead atoms. The summed E-state index contributed by atoms with van der Waals surface area (Å²) in [4.78, 5) is 16.4. The topological polar surface area (TPSA) is 32.8 Å². The molecule has 4 nitrogen and oxygen atoms in total. The molecule has 5 heteroatoms. The molecule has 0 amide bonds. The highest BCUT2D eigenvalue weighted by Crippen LogP contribution is 2.22. The van der Waals surface area contributed by atoms with Crippen LogP contribution in [0, 0.1) is 0 Å². The molecule has 0 aromatic heterocycles. The summed E-state index contributed by atoms with van der Waals surface area (Å²) >= 11 is 3.58. The van der Waals surface area contributed by atoms with Crippen LogP contribution in [0.15, 0.2) is 22.7 Å². The molecule has 1 saturated heterocycles. The predicted molar refractivity (Wildman–Crippen MR) is 87.5 cm³/mol. The summed E-state index contributed by atoms with van der Waals surface area (Å²) in [5.41, 5.74) is 1.79. The van der Waals surface area contributed by atoms with Crippen molar-refractivity contribution in [2.75, 3.05) is 33.8 Å². The Morgan fingerprint density at radius 1 is 1.43 bits per heavy atom. The lowest BCUT2D eigenvalue weighted by Crippen LogP contribution is -2.37. The number of hydrogen-bond acceptors (Lipinski definition) is 4. The zero-order valence-electron chi connectivity index (χ0n) is 12.9. The Hall–Kier alpha value is -0.910. The standard InChI is InChI=1S/C16H23BrN2O2/c1-12-10-18(2)7-4-8-19(12)11-14-6-5-13(9-15(14)17)16(20)21-3/h5-6,9,12H,4,7-8,10-11H2,1-3H3. The van der Waals surface area contributed by atoms with E-state index in [4.69, 9.17) is 4.74 Å². The van der Waals surface area contributed by atoms with Crippen molar-refractivity contribution in [1.82, 2.24) is 9.80 Å². The maximum Gasteiger partial charge on any atom is 0.337 e. The third kappa shape index (κ3) is 4.28. The van der Waals surface area contributed by atoms with Crippen molar-refractivity contribution in [2.45, 2.75) is 25.9 Å². The van der Waals surface area contributed by atoms with Gasteiger partial charge in [0, 0.05) is 30.1 Å². The number of carbonyl (C=O) groups excluding carboxylic acids is 1. The van der Waals surface area contributed by atoms with Crippen molar-refractivity contribution >= 4 is 21.9 Å². The van der Waals surface area contributed by atoms with Crippen LogP contribution in [0.1, 0.15) is 29.3 Å². The van der Waals surface area contributed by atoms with Gasteiger partial charge in [-0.05, 0) is 44.6 Å². The summed E-state index contributed by atoms with van der Waals surface area (Å²) in [7, 11) is 3.58. The lowest BCUT2D eigenvalue weighted by molar-refractivity contribution is 0.0600. The molecule has 21 heavy (non-hydrogen) atoms. The van der Waals surface area contributed by atoms with Gasteiger partial charge in [0.25, 0.3) is 0 Å². The minimum atomic E-state index is -0.299. The lowest BCUT2D eigenvalue weighted by atomic mass is 10.1. The molecule has 1 unspecified atom stereocenters. The van der Waals surface area contributed by atoms with Crippen LogP contribution in [0.4, 0.5) is 0 Å². The summed E-state index contributed by atoms with van der Waals surface area (Å²) < 4.78 is 5.72. The van der Waals surface area contributed by atoms with Crippen LogP contribution in [0.2, 0.25) is 0 Å². The number of benzene rings is 1. The molecule has 0 spiro atoms. The Morgan fingerprint density at radius 3 is 2.86 bits per heavy atom. The molecular weight excluding hydrogens is 332 g/mol. The van der Waals surface area contributed by atoms with E-state index in [0.29, 0.717) is 11.6 Å². The Morgan fingerprint density at radius 2 is 2.19 bits per heavy atom. The zero-order valence-corrected chi connectivity index (χ0v) is 14.5. The largest absolute Gasteiger partial charge is 0.465 e. The fraction of sp³-hybridized carbons (Fsp3) is 0.562. The van der Waals surface area contributed by atoms with E-state index < -0.39 is 0 Å². The van der Waals surface area contributed by atoms with Crippen LogP contribution in [0.3, 0.4) is 0 Å². The monoisotopic (exact) mass is 354 g/mol. The van der Waals surface area contributed by atoms with Crippen LogP contribution in [0.25, 0.3) is 0 Å². The fourth-order valence-corrected chi connectivity index (χ4v) is 3.30. The van der Waals surface area contributed by atoms with Crippen molar-refractivity contribution in [2.24, 2.45) is 0 Å². The molecule has 1 atom stereocenters. The predicted octanol–water partition coefficient (Wildman–Crippen LogP) is 2.76. The first-order valence-corrected chi connectivity index (χ1v) is 8.10. The van der Waals surface area contributed by atoms with Gasteiger partial charge in [0.05, 0.1) is 12.7 Å². The second-order valence-corrected chi connectivity index (χ2v) is 6.59. The first-order chi connectivity index (χ1) is 10.0. The molecule has 1 aliphatic rings. The second-order valence-electron chi connectivity index (χ2n) is 5.73. The highest BCUT2D eigenvalue weighted by molar-refractivity contribution is 9.10. The van der Waals surface area contributed by atoms with Crippen LogP contribution in [0.5, 0.6) is 0 Å². The molecule has 1 heterocycles. The van der Waals surface area contributed by atoms with Gasteiger partial charge in [0.1, 0.15) is 0 Å². The highest BCUT2D eigenvalue weighted by Gasteiger charge is 2.20. The molecule has 1 aliphatic heterocycles. The second kappa shape index (κ2) is 7.38. The van der Waals surface area contributed by atoms with E-state index in [9.17, 15) is 4.79 Å². The van der Waals surface area contributed by atoms with Crippen molar-refractivity contribution in [3.8, 4) is 0 Å². The van der Waals surface area contributed by atoms with E-state index in [2.05, 4.69) is 39.7 Å². The van der Waals surface area contributed by atoms with Crippen LogP contribution < -0.4 is 0 Å². The number of nitrogens with zero attached hydrogens (tertiary/aromatic N) is 2. The molecule has 1 aromatic carbocycles. The molecule has 0 N–H and O–H groups in total. The minimum absolute atomic E-state index is 0.299. The average Bonchev–Trinajstić information content (AvgIpc) is 2.61. The summed E-state index contributed by atoms with van der Waals surface area (Å²) in [5, 5.41) is 0. The highest BCUT2D eigenvalue weighted by atomic mass is 79.9. The van der Waals surface area contributed by atoms with Gasteiger partial charge in [-0.25, -0.2) is 4.79 Å². The van der Waals surface area contributed by atoms with Crippen molar-refractivity contribution in [3.05, 3.63) is 33.8 Å². The van der Waals surface area contributed by atoms with E-state index in [-0.39, 0.29) is 5.97 Å². The van der Waals surface area contributed by atoms with Gasteiger partial charge in [-0.2, -0.15) is 0 Å². The minimum Gasteiger partial charge on any atom is -0.465 e. The quantitative estimate of drug-likeness (QED) is 0.781. The van der Waals surface area contributed by atoms with E-state index in [1.54, 1.807) is 0 Å². The maximum atomic E-state index is 11.5. The summed E-state index contributed by atoms with van der Waals surface area (Å²) in [6.45, 7) is 6.54. The zero-order chi connectivity index (χ0) is 15.4. The van der Waals surface area contributed by atoms with Crippen LogP contribution in [-0.2, 0) is 11.3 Å². The normalized spacial score (nSPS) is 21.0. The molecule has 1 fully saturated rings. The number of likely N-dealkylation sites (N-methyl/N-ethyl adjacent to an activating group) is 1. The Bertz CT molecular complexity index is 507. The van der Waals surface area contributed by atoms with E-state index in [0.717, 1.165) is 30.7 Å². The van der Waals surface area contributed by atoms with E-state index in [1.165, 1.54) is 19.1 Å². The third-order valence-electron chi connectivity index (χ3n) is 4.03. The van der Waals surface area contributed by atoms with Gasteiger partial charge in [0.15, 0.2) is 0 Å². The number of esters is 1. The van der Waals surface area contributed by atoms with Gasteiger partial charge < -0.3 is 9.64 Å². The summed E-state index contributed by atoms with van der Waals surface area (Å²) in [5.74, 6) is -0.299. The number of rotatable bonds is 3. The fourth-order valence-electron chi connectivity index (χ4n) is 2.80. The number of methoxy groups -OCH3 is 1. The van der Waals surface area contributed by atoms with Gasteiger partial charge in [-0.15, -0.1) is 0 Å². The van der Waals surface area contributed by atoms with Crippen molar-refractivity contribution in [1.29, 1.82) is 0 Å². The number of hydrogen-bond donors (Lipinski definition) is 0. The van der Waals surface area contributed by atoms with Crippen molar-refractivity contribution in [3.63, 3.8) is 0 Å². The molecule has 116 valence electrons. The third-order valence-corrected chi connectivity index (χ3v) is 4.77. The first kappa shape index (κ1) is 16.5. The molecule has 1 aromatic rings. The Labute approximate surface area is 135 Å². The Balaban J connectivity index is 2.10. The SMILES string of the molecule is COC(=O)c1ccc(CN2CCCN(C)CC2C)c(Br)c1. The van der Waals surface area contributed by atoms with Gasteiger partial charge in [0.2, 0.25) is 0 Å². The molecule has 0 aliphatic carbocycles. The molecule has 2 rings (SSSR count). The summed E-state index contributed by atoms with van der Waals surface area (Å²) in [6, 6.07) is 6.22. The van der Waals surface area contributed by atoms with Gasteiger partial charge in [-0.1, -0.05) is 22.0 Å². The average molecular weight is 355 g/mol. The first-order valence-electron chi connectivity index (χ1n) is 7.30. The lowest BCUT2D eigenvalue weighted by Gasteiger charge is -2.28. The van der Waals surface area contributed by atoms with Crippen LogP contribution >= 0.6 is 15.9 Å². The van der Waals surface area contributed by atoms with Gasteiger partial charge >= 0.3 is 5.97 Å². The number of carbonyl (C=O) groups is 1. The summed E-state index contributed by atoms with van der Waals surface area (Å²) in [6.07, 6.45) is 1.19. The van der Waals surface area contributed by atoms with Gasteiger partial charge in [-0.3, -0.25) is 4.90 Å². The Kier molecular flexibility index (Phi) is 5.79. The van der Waals surface area contributed by atoms with E-state index in [1.807, 2.05) is 18.2 Å². The molecular formula is C16H23BrN2O2. The molecule has 0 radical (unpaired) electrons. The van der Waals surface area contributed by atoms with Crippen LogP contribution in [-0.4, -0.2) is 55.6 Å². The number of ether oxygens (including phenoxy) is 1. The van der Waals surface area contributed by atoms with Crippen molar-refractivity contribution < 1.29 is 9.53 Å².